The van der Waals surface area contributed by atoms with Gasteiger partial charge in [-0.15, -0.1) is 0 Å². The van der Waals surface area contributed by atoms with Crippen molar-refractivity contribution in [1.82, 2.24) is 9.62 Å². The van der Waals surface area contributed by atoms with Gasteiger partial charge in [-0.1, -0.05) is 26.8 Å². The lowest BCUT2D eigenvalue weighted by Gasteiger charge is -2.36. The summed E-state index contributed by atoms with van der Waals surface area (Å²) in [5.41, 5.74) is 1.03. The fourth-order valence-corrected chi connectivity index (χ4v) is 8.18. The van der Waals surface area contributed by atoms with Crippen LogP contribution in [0.5, 0.6) is 17.2 Å². The summed E-state index contributed by atoms with van der Waals surface area (Å²) in [6, 6.07) is 17.6. The molecule has 1 saturated heterocycles. The minimum atomic E-state index is -4.06. The number of fused-ring (bicyclic) bond motifs is 1. The molecule has 3 aromatic rings. The third-order valence-electron chi connectivity index (χ3n) is 7.83. The van der Waals surface area contributed by atoms with Gasteiger partial charge < -0.3 is 19.5 Å². The quantitative estimate of drug-likeness (QED) is 0.325. The van der Waals surface area contributed by atoms with Crippen LogP contribution >= 0.6 is 0 Å². The molecule has 5 rings (SSSR count). The number of carbonyl (C=O) groups is 1. The molecule has 0 aromatic heterocycles. The van der Waals surface area contributed by atoms with Crippen molar-refractivity contribution in [2.45, 2.75) is 54.9 Å². The lowest BCUT2D eigenvalue weighted by atomic mass is 9.86. The molecule has 242 valence electrons. The molecule has 1 fully saturated rings. The van der Waals surface area contributed by atoms with E-state index in [0.29, 0.717) is 30.3 Å². The van der Waals surface area contributed by atoms with Gasteiger partial charge in [0.2, 0.25) is 10.0 Å². The lowest BCUT2D eigenvalue weighted by Crippen LogP contribution is -2.51. The molecular weight excluding hydrogens is 618 g/mol. The number of sulfonamides is 2. The maximum absolute atomic E-state index is 13.9. The Morgan fingerprint density at radius 2 is 1.49 bits per heavy atom. The molecule has 0 saturated carbocycles. The number of benzene rings is 3. The molecule has 1 atom stereocenters. The van der Waals surface area contributed by atoms with Crippen LogP contribution in [0, 0.1) is 0 Å². The van der Waals surface area contributed by atoms with Crippen LogP contribution in [0.4, 0.5) is 5.69 Å². The van der Waals surface area contributed by atoms with Gasteiger partial charge in [-0.3, -0.25) is 9.10 Å². The Hall–Kier alpha value is -3.81. The minimum Gasteiger partial charge on any atom is -0.497 e. The van der Waals surface area contributed by atoms with Crippen LogP contribution in [0.2, 0.25) is 0 Å². The molecule has 1 amide bonds. The van der Waals surface area contributed by atoms with Gasteiger partial charge in [-0.2, -0.15) is 4.31 Å². The van der Waals surface area contributed by atoms with Crippen molar-refractivity contribution in [3.05, 3.63) is 72.3 Å². The van der Waals surface area contributed by atoms with Crippen LogP contribution < -0.4 is 23.8 Å². The highest BCUT2D eigenvalue weighted by Crippen LogP contribution is 2.40. The Morgan fingerprint density at radius 1 is 0.889 bits per heavy atom. The Morgan fingerprint density at radius 3 is 2.09 bits per heavy atom. The summed E-state index contributed by atoms with van der Waals surface area (Å²) in [6.45, 7) is 7.15. The van der Waals surface area contributed by atoms with Gasteiger partial charge in [-0.05, 0) is 84.5 Å². The second kappa shape index (κ2) is 12.9. The zero-order valence-corrected chi connectivity index (χ0v) is 27.5. The van der Waals surface area contributed by atoms with Gasteiger partial charge in [-0.25, -0.2) is 16.8 Å². The fourth-order valence-electron chi connectivity index (χ4n) is 5.20. The molecular formula is C32H39N3O8S2. The van der Waals surface area contributed by atoms with Gasteiger partial charge >= 0.3 is 0 Å². The number of nitrogens with zero attached hydrogens (tertiary/aromatic N) is 2. The van der Waals surface area contributed by atoms with E-state index >= 15 is 0 Å². The fraction of sp³-hybridized carbons (Fsp3) is 0.406. The molecule has 2 heterocycles. The van der Waals surface area contributed by atoms with Crippen molar-refractivity contribution < 1.29 is 35.8 Å². The standard InChI is InChI=1S/C32H39N3O8S2/c1-32(2,3)23-7-16-29-28(21-23)35(45(39,40)27-12-8-24(41-4)9-13-27)22-30(43-29)31(36)33-17-20-42-25-10-14-26(15-11-25)44(37,38)34-18-5-6-19-34/h7-16,21,30H,5-6,17-20,22H2,1-4H3,(H,33,36). The van der Waals surface area contributed by atoms with Crippen molar-refractivity contribution in [3.8, 4) is 17.2 Å². The molecule has 0 radical (unpaired) electrons. The summed E-state index contributed by atoms with van der Waals surface area (Å²) in [7, 11) is -6.08. The molecule has 0 aliphatic carbocycles. The average molecular weight is 658 g/mol. The lowest BCUT2D eigenvalue weighted by molar-refractivity contribution is -0.127. The van der Waals surface area contributed by atoms with E-state index in [0.717, 1.165) is 18.4 Å². The summed E-state index contributed by atoms with van der Waals surface area (Å²) < 4.78 is 72.9. The van der Waals surface area contributed by atoms with Crippen LogP contribution in [-0.4, -0.2) is 73.0 Å². The van der Waals surface area contributed by atoms with Crippen molar-refractivity contribution >= 4 is 31.6 Å². The van der Waals surface area contributed by atoms with E-state index < -0.39 is 32.1 Å². The molecule has 13 heteroatoms. The first-order valence-corrected chi connectivity index (χ1v) is 17.7. The van der Waals surface area contributed by atoms with Gasteiger partial charge in [0.25, 0.3) is 15.9 Å². The van der Waals surface area contributed by atoms with E-state index in [-0.39, 0.29) is 40.7 Å². The third-order valence-corrected chi connectivity index (χ3v) is 11.5. The van der Waals surface area contributed by atoms with E-state index in [4.69, 9.17) is 14.2 Å². The van der Waals surface area contributed by atoms with Crippen LogP contribution in [0.25, 0.3) is 0 Å². The van der Waals surface area contributed by atoms with E-state index in [1.807, 2.05) is 26.8 Å². The second-order valence-electron chi connectivity index (χ2n) is 12.0. The maximum atomic E-state index is 13.9. The highest BCUT2D eigenvalue weighted by atomic mass is 32.2. The summed E-state index contributed by atoms with van der Waals surface area (Å²) in [4.78, 5) is 13.5. The number of nitrogens with one attached hydrogen (secondary N) is 1. The number of methoxy groups -OCH3 is 1. The molecule has 0 bridgehead atoms. The number of rotatable bonds is 10. The number of anilines is 1. The van der Waals surface area contributed by atoms with Gasteiger partial charge in [0, 0.05) is 13.1 Å². The smallest absolute Gasteiger partial charge is 0.264 e. The SMILES string of the molecule is COc1ccc(S(=O)(=O)N2CC(C(=O)NCCOc3ccc(S(=O)(=O)N4CCCC4)cc3)Oc3ccc(C(C)(C)C)cc32)cc1. The molecule has 1 N–H and O–H groups in total. The van der Waals surface area contributed by atoms with Crippen molar-refractivity contribution in [2.75, 3.05) is 44.2 Å². The number of amides is 1. The van der Waals surface area contributed by atoms with Gasteiger partial charge in [0.15, 0.2) is 6.10 Å². The van der Waals surface area contributed by atoms with Crippen molar-refractivity contribution in [1.29, 1.82) is 0 Å². The average Bonchev–Trinajstić information content (AvgIpc) is 3.58. The Kier molecular flexibility index (Phi) is 9.33. The first-order chi connectivity index (χ1) is 21.3. The zero-order chi connectivity index (χ0) is 32.4. The van der Waals surface area contributed by atoms with Crippen molar-refractivity contribution in [2.24, 2.45) is 0 Å². The Labute approximate surface area is 265 Å². The number of hydrogen-bond acceptors (Lipinski definition) is 8. The summed E-state index contributed by atoms with van der Waals surface area (Å²) in [5.74, 6) is 0.769. The largest absolute Gasteiger partial charge is 0.497 e. The highest BCUT2D eigenvalue weighted by molar-refractivity contribution is 7.92. The molecule has 11 nitrogen and oxygen atoms in total. The van der Waals surface area contributed by atoms with E-state index in [9.17, 15) is 21.6 Å². The van der Waals surface area contributed by atoms with Gasteiger partial charge in [0.05, 0.1) is 35.7 Å². The van der Waals surface area contributed by atoms with Crippen LogP contribution in [0.3, 0.4) is 0 Å². The maximum Gasteiger partial charge on any atom is 0.264 e. The molecule has 2 aliphatic heterocycles. The number of carbonyl (C=O) groups excluding carboxylic acids is 1. The summed E-state index contributed by atoms with van der Waals surface area (Å²) in [5, 5.41) is 2.76. The number of ether oxygens (including phenoxy) is 3. The van der Waals surface area contributed by atoms with E-state index in [1.165, 1.54) is 40.0 Å². The van der Waals surface area contributed by atoms with E-state index in [2.05, 4.69) is 5.32 Å². The summed E-state index contributed by atoms with van der Waals surface area (Å²) >= 11 is 0. The van der Waals surface area contributed by atoms with Crippen LogP contribution in [-0.2, 0) is 30.3 Å². The van der Waals surface area contributed by atoms with Crippen molar-refractivity contribution in [3.63, 3.8) is 0 Å². The molecule has 0 spiro atoms. The topological polar surface area (TPSA) is 132 Å². The van der Waals surface area contributed by atoms with E-state index in [1.54, 1.807) is 36.4 Å². The number of hydrogen-bond donors (Lipinski definition) is 1. The second-order valence-corrected chi connectivity index (χ2v) is 15.8. The minimum absolute atomic E-state index is 0.0594. The first kappa shape index (κ1) is 32.6. The molecule has 1 unspecified atom stereocenters. The predicted molar refractivity (Wildman–Crippen MR) is 170 cm³/mol. The van der Waals surface area contributed by atoms with Crippen LogP contribution in [0.15, 0.2) is 76.5 Å². The molecule has 2 aliphatic rings. The first-order valence-electron chi connectivity index (χ1n) is 14.8. The highest BCUT2D eigenvalue weighted by Gasteiger charge is 2.38. The zero-order valence-electron chi connectivity index (χ0n) is 25.9. The van der Waals surface area contributed by atoms with Crippen LogP contribution in [0.1, 0.15) is 39.2 Å². The van der Waals surface area contributed by atoms with Gasteiger partial charge in [0.1, 0.15) is 23.9 Å². The molecule has 3 aromatic carbocycles. The monoisotopic (exact) mass is 657 g/mol. The summed E-state index contributed by atoms with van der Waals surface area (Å²) in [6.07, 6.45) is 0.611. The normalized spacial score (nSPS) is 17.3. The Balaban J connectivity index is 1.26. The third kappa shape index (κ3) is 7.05. The predicted octanol–water partition coefficient (Wildman–Crippen LogP) is 3.93. The molecule has 45 heavy (non-hydrogen) atoms. The Bertz CT molecular complexity index is 1730.